The first-order chi connectivity index (χ1) is 16.6. The minimum absolute atomic E-state index is 0.0436. The smallest absolute Gasteiger partial charge is 0.409 e. The summed E-state index contributed by atoms with van der Waals surface area (Å²) in [5.74, 6) is 1.57. The lowest BCUT2D eigenvalue weighted by Gasteiger charge is -2.32. The molecule has 9 heteroatoms. The van der Waals surface area contributed by atoms with Gasteiger partial charge in [0.05, 0.1) is 17.9 Å². The van der Waals surface area contributed by atoms with Crippen LogP contribution in [0.15, 0.2) is 54.9 Å². The van der Waals surface area contributed by atoms with Crippen molar-refractivity contribution in [1.82, 2.24) is 19.9 Å². The summed E-state index contributed by atoms with van der Waals surface area (Å²) < 4.78 is 11.3. The van der Waals surface area contributed by atoms with E-state index in [-0.39, 0.29) is 12.1 Å². The van der Waals surface area contributed by atoms with E-state index >= 15 is 0 Å². The lowest BCUT2D eigenvalue weighted by molar-refractivity contribution is 0.0920. The third-order valence-electron chi connectivity index (χ3n) is 5.53. The van der Waals surface area contributed by atoms with Crippen molar-refractivity contribution in [2.24, 2.45) is 0 Å². The number of carbonyl (C=O) groups is 1. The van der Waals surface area contributed by atoms with Crippen molar-refractivity contribution in [2.45, 2.75) is 38.6 Å². The highest BCUT2D eigenvalue weighted by molar-refractivity contribution is 5.68. The molecule has 0 radical (unpaired) electrons. The Morgan fingerprint density at radius 1 is 1.18 bits per heavy atom. The van der Waals surface area contributed by atoms with Gasteiger partial charge < -0.3 is 25.4 Å². The number of hydrogen-bond acceptors (Lipinski definition) is 8. The van der Waals surface area contributed by atoms with Gasteiger partial charge in [-0.15, -0.1) is 0 Å². The third-order valence-corrected chi connectivity index (χ3v) is 5.53. The molecule has 1 aliphatic rings. The summed E-state index contributed by atoms with van der Waals surface area (Å²) in [6, 6.07) is 12.7. The van der Waals surface area contributed by atoms with Crippen LogP contribution in [0.4, 0.5) is 16.4 Å². The van der Waals surface area contributed by atoms with Crippen molar-refractivity contribution in [3.05, 3.63) is 54.9 Å². The predicted molar refractivity (Wildman–Crippen MR) is 131 cm³/mol. The molecule has 1 amide bonds. The SMILES string of the molecule is CCCCOC(=O)N1CCC[C@H](Nc2nccc(-c3cccnc3Oc3ccc(N)cc3)n2)C1. The number of rotatable bonds is 8. The third kappa shape index (κ3) is 6.12. The highest BCUT2D eigenvalue weighted by Gasteiger charge is 2.25. The van der Waals surface area contributed by atoms with E-state index < -0.39 is 0 Å². The maximum absolute atomic E-state index is 12.3. The van der Waals surface area contributed by atoms with Crippen molar-refractivity contribution in [3.8, 4) is 22.9 Å². The monoisotopic (exact) mass is 462 g/mol. The minimum atomic E-state index is -0.255. The second kappa shape index (κ2) is 11.3. The van der Waals surface area contributed by atoms with Gasteiger partial charge in [0.15, 0.2) is 0 Å². The van der Waals surface area contributed by atoms with E-state index in [2.05, 4.69) is 27.2 Å². The highest BCUT2D eigenvalue weighted by Crippen LogP contribution is 2.31. The zero-order valence-electron chi connectivity index (χ0n) is 19.3. The number of piperidine rings is 1. The van der Waals surface area contributed by atoms with E-state index in [9.17, 15) is 4.79 Å². The molecule has 3 aromatic rings. The number of carbonyl (C=O) groups excluding carboxylic acids is 1. The summed E-state index contributed by atoms with van der Waals surface area (Å²) in [5.41, 5.74) is 7.85. The lowest BCUT2D eigenvalue weighted by Crippen LogP contribution is -2.45. The van der Waals surface area contributed by atoms with Crippen molar-refractivity contribution >= 4 is 17.7 Å². The number of nitrogens with zero attached hydrogens (tertiary/aromatic N) is 4. The van der Waals surface area contributed by atoms with Gasteiger partial charge >= 0.3 is 6.09 Å². The van der Waals surface area contributed by atoms with Crippen LogP contribution >= 0.6 is 0 Å². The molecule has 34 heavy (non-hydrogen) atoms. The van der Waals surface area contributed by atoms with Gasteiger partial charge in [0.1, 0.15) is 5.75 Å². The molecule has 178 valence electrons. The van der Waals surface area contributed by atoms with E-state index in [0.717, 1.165) is 31.2 Å². The summed E-state index contributed by atoms with van der Waals surface area (Å²) in [5, 5.41) is 3.37. The Bertz CT molecular complexity index is 1090. The number of pyridine rings is 1. The first kappa shape index (κ1) is 23.3. The molecule has 1 saturated heterocycles. The van der Waals surface area contributed by atoms with Crippen molar-refractivity contribution in [1.29, 1.82) is 0 Å². The summed E-state index contributed by atoms with van der Waals surface area (Å²) in [6.45, 7) is 3.78. The number of hydrogen-bond donors (Lipinski definition) is 2. The standard InChI is InChI=1S/C25H30N6O3/c1-2-3-16-33-25(32)31-15-5-6-19(17-31)29-24-28-14-12-22(30-24)21-7-4-13-27-23(21)34-20-10-8-18(26)9-11-20/h4,7-14,19H,2-3,5-6,15-17,26H2,1H3,(H,28,29,30)/t19-/m0/s1. The molecule has 1 aromatic carbocycles. The zero-order valence-corrected chi connectivity index (χ0v) is 19.3. The average molecular weight is 463 g/mol. The maximum Gasteiger partial charge on any atom is 0.409 e. The zero-order chi connectivity index (χ0) is 23.8. The summed E-state index contributed by atoms with van der Waals surface area (Å²) >= 11 is 0. The Balaban J connectivity index is 1.44. The number of nitrogens with one attached hydrogen (secondary N) is 1. The highest BCUT2D eigenvalue weighted by atomic mass is 16.6. The molecule has 1 atom stereocenters. The van der Waals surface area contributed by atoms with E-state index in [1.54, 1.807) is 41.6 Å². The second-order valence-corrected chi connectivity index (χ2v) is 8.19. The number of unbranched alkanes of at least 4 members (excludes halogenated alkanes) is 1. The first-order valence-corrected chi connectivity index (χ1v) is 11.6. The van der Waals surface area contributed by atoms with Crippen molar-refractivity contribution in [2.75, 3.05) is 30.7 Å². The van der Waals surface area contributed by atoms with Gasteiger partial charge in [0.25, 0.3) is 0 Å². The Labute approximate surface area is 199 Å². The fraction of sp³-hybridized carbons (Fsp3) is 0.360. The normalized spacial score (nSPS) is 15.6. The van der Waals surface area contributed by atoms with Crippen LogP contribution in [0.5, 0.6) is 11.6 Å². The van der Waals surface area contributed by atoms with Crippen LogP contribution in [0.1, 0.15) is 32.6 Å². The Kier molecular flexibility index (Phi) is 7.75. The van der Waals surface area contributed by atoms with Crippen LogP contribution in [0.3, 0.4) is 0 Å². The van der Waals surface area contributed by atoms with Crippen LogP contribution in [0, 0.1) is 0 Å². The summed E-state index contributed by atoms with van der Waals surface area (Å²) in [6.07, 6.45) is 6.80. The number of likely N-dealkylation sites (tertiary alicyclic amines) is 1. The van der Waals surface area contributed by atoms with Gasteiger partial charge in [0, 0.05) is 37.2 Å². The largest absolute Gasteiger partial charge is 0.449 e. The van der Waals surface area contributed by atoms with Gasteiger partial charge in [-0.2, -0.15) is 0 Å². The molecule has 0 aliphatic carbocycles. The molecular weight excluding hydrogens is 432 g/mol. The van der Waals surface area contributed by atoms with E-state index in [4.69, 9.17) is 15.2 Å². The van der Waals surface area contributed by atoms with Crippen molar-refractivity contribution in [3.63, 3.8) is 0 Å². The molecule has 9 nitrogen and oxygen atoms in total. The maximum atomic E-state index is 12.3. The van der Waals surface area contributed by atoms with Gasteiger partial charge in [-0.3, -0.25) is 0 Å². The molecule has 1 fully saturated rings. The second-order valence-electron chi connectivity index (χ2n) is 8.19. The topological polar surface area (TPSA) is 115 Å². The predicted octanol–water partition coefficient (Wildman–Crippen LogP) is 4.73. The summed E-state index contributed by atoms with van der Waals surface area (Å²) in [4.78, 5) is 27.5. The Hall–Kier alpha value is -3.88. The molecule has 0 bridgehead atoms. The molecular formula is C25H30N6O3. The van der Waals surface area contributed by atoms with E-state index in [0.29, 0.717) is 48.7 Å². The molecule has 1 aliphatic heterocycles. The van der Waals surface area contributed by atoms with Gasteiger partial charge in [0.2, 0.25) is 11.8 Å². The molecule has 0 spiro atoms. The van der Waals surface area contributed by atoms with Crippen LogP contribution in [0.2, 0.25) is 0 Å². The molecule has 0 unspecified atom stereocenters. The van der Waals surface area contributed by atoms with E-state index in [1.165, 1.54) is 0 Å². The number of nitrogens with two attached hydrogens (primary N) is 1. The number of aromatic nitrogens is 3. The fourth-order valence-corrected chi connectivity index (χ4v) is 3.73. The molecule has 3 heterocycles. The lowest BCUT2D eigenvalue weighted by atomic mass is 10.1. The fourth-order valence-electron chi connectivity index (χ4n) is 3.73. The van der Waals surface area contributed by atoms with Crippen LogP contribution in [0.25, 0.3) is 11.3 Å². The van der Waals surface area contributed by atoms with Gasteiger partial charge in [-0.25, -0.2) is 19.7 Å². The number of benzene rings is 1. The number of ether oxygens (including phenoxy) is 2. The molecule has 0 saturated carbocycles. The molecule has 2 aromatic heterocycles. The van der Waals surface area contributed by atoms with Crippen LogP contribution in [-0.2, 0) is 4.74 Å². The number of amides is 1. The molecule has 3 N–H and O–H groups in total. The van der Waals surface area contributed by atoms with E-state index in [1.807, 2.05) is 18.2 Å². The quantitative estimate of drug-likeness (QED) is 0.365. The Morgan fingerprint density at radius 2 is 2.03 bits per heavy atom. The number of anilines is 2. The van der Waals surface area contributed by atoms with Crippen molar-refractivity contribution < 1.29 is 14.3 Å². The van der Waals surface area contributed by atoms with Crippen LogP contribution in [-0.4, -0.2) is 51.7 Å². The molecule has 4 rings (SSSR count). The van der Waals surface area contributed by atoms with Crippen LogP contribution < -0.4 is 15.8 Å². The average Bonchev–Trinajstić information content (AvgIpc) is 2.86. The minimum Gasteiger partial charge on any atom is -0.449 e. The number of nitrogen functional groups attached to an aromatic ring is 1. The first-order valence-electron chi connectivity index (χ1n) is 11.6. The van der Waals surface area contributed by atoms with Gasteiger partial charge in [-0.1, -0.05) is 13.3 Å². The summed E-state index contributed by atoms with van der Waals surface area (Å²) in [7, 11) is 0. The van der Waals surface area contributed by atoms with Gasteiger partial charge in [-0.05, 0) is 61.7 Å². The Morgan fingerprint density at radius 3 is 2.85 bits per heavy atom.